The van der Waals surface area contributed by atoms with Crippen LogP contribution in [0.25, 0.3) is 0 Å². The molecule has 40 heavy (non-hydrogen) atoms. The van der Waals surface area contributed by atoms with Crippen LogP contribution in [-0.4, -0.2) is 42.9 Å². The molecule has 7 heteroatoms. The van der Waals surface area contributed by atoms with Gasteiger partial charge in [0.2, 0.25) is 5.91 Å². The number of amides is 1. The summed E-state index contributed by atoms with van der Waals surface area (Å²) >= 11 is 0. The maximum atomic E-state index is 12.9. The molecule has 0 spiro atoms. The number of esters is 2. The summed E-state index contributed by atoms with van der Waals surface area (Å²) in [5.74, 6) is 0.753. The monoisotopic (exact) mass is 549 g/mol. The molecule has 3 fully saturated rings. The van der Waals surface area contributed by atoms with E-state index in [2.05, 4.69) is 19.2 Å². The largest absolute Gasteiger partial charge is 0.467 e. The Balaban J connectivity index is 1.15. The zero-order valence-electron chi connectivity index (χ0n) is 24.1. The summed E-state index contributed by atoms with van der Waals surface area (Å²) in [5, 5.41) is 2.73. The van der Waals surface area contributed by atoms with Crippen LogP contribution in [0, 0.1) is 28.6 Å². The Morgan fingerprint density at radius 3 is 2.50 bits per heavy atom. The number of rotatable bonds is 8. The quantitative estimate of drug-likeness (QED) is 0.453. The van der Waals surface area contributed by atoms with Crippen LogP contribution in [0.3, 0.4) is 0 Å². The van der Waals surface area contributed by atoms with Gasteiger partial charge in [-0.3, -0.25) is 14.4 Å². The molecule has 3 saturated carbocycles. The second-order valence-corrected chi connectivity index (χ2v) is 12.9. The van der Waals surface area contributed by atoms with E-state index in [1.165, 1.54) is 12.7 Å². The number of allylic oxidation sites excluding steroid dienone is 1. The fourth-order valence-electron chi connectivity index (χ4n) is 8.59. The molecule has 7 atom stereocenters. The molecule has 0 saturated heterocycles. The topological polar surface area (TPSA) is 98.8 Å². The molecule has 1 aromatic rings. The average Bonchev–Trinajstić information content (AvgIpc) is 3.27. The molecular weight excluding hydrogens is 506 g/mol. The van der Waals surface area contributed by atoms with Gasteiger partial charge in [0.15, 0.2) is 5.78 Å². The van der Waals surface area contributed by atoms with Gasteiger partial charge in [-0.1, -0.05) is 49.8 Å². The van der Waals surface area contributed by atoms with Gasteiger partial charge >= 0.3 is 11.9 Å². The van der Waals surface area contributed by atoms with Crippen LogP contribution in [-0.2, 0) is 35.1 Å². The molecule has 5 rings (SSSR count). The minimum absolute atomic E-state index is 0.0192. The van der Waals surface area contributed by atoms with Crippen molar-refractivity contribution in [3.05, 3.63) is 47.5 Å². The van der Waals surface area contributed by atoms with Gasteiger partial charge in [0.1, 0.15) is 12.1 Å². The lowest BCUT2D eigenvalue weighted by atomic mass is 9.47. The summed E-state index contributed by atoms with van der Waals surface area (Å²) < 4.78 is 10.9. The number of methoxy groups -OCH3 is 1. The van der Waals surface area contributed by atoms with Crippen LogP contribution < -0.4 is 5.32 Å². The molecule has 7 unspecified atom stereocenters. The van der Waals surface area contributed by atoms with E-state index in [1.54, 1.807) is 0 Å². The van der Waals surface area contributed by atoms with Crippen molar-refractivity contribution in [2.75, 3.05) is 7.11 Å². The van der Waals surface area contributed by atoms with Crippen LogP contribution in [0.5, 0.6) is 0 Å². The first-order chi connectivity index (χ1) is 19.1. The number of carbonyl (C=O) groups is 4. The van der Waals surface area contributed by atoms with Crippen LogP contribution in [0.2, 0.25) is 0 Å². The smallest absolute Gasteiger partial charge is 0.328 e. The molecule has 4 aliphatic carbocycles. The first-order valence-electron chi connectivity index (χ1n) is 15.0. The van der Waals surface area contributed by atoms with Crippen LogP contribution in [0.1, 0.15) is 83.6 Å². The highest BCUT2D eigenvalue weighted by atomic mass is 16.5. The highest BCUT2D eigenvalue weighted by molar-refractivity contribution is 5.91. The summed E-state index contributed by atoms with van der Waals surface area (Å²) in [7, 11) is 1.30. The van der Waals surface area contributed by atoms with Gasteiger partial charge in [-0.05, 0) is 79.8 Å². The zero-order chi connectivity index (χ0) is 28.5. The van der Waals surface area contributed by atoms with E-state index in [0.29, 0.717) is 30.6 Å². The Bertz CT molecular complexity index is 1180. The van der Waals surface area contributed by atoms with Gasteiger partial charge in [-0.2, -0.15) is 0 Å². The molecule has 0 radical (unpaired) electrons. The number of nitrogens with one attached hydrogen (secondary N) is 1. The van der Waals surface area contributed by atoms with Gasteiger partial charge in [0.25, 0.3) is 0 Å². The lowest BCUT2D eigenvalue weighted by Gasteiger charge is -2.57. The second-order valence-electron chi connectivity index (χ2n) is 12.9. The van der Waals surface area contributed by atoms with Crippen molar-refractivity contribution < 1.29 is 28.7 Å². The van der Waals surface area contributed by atoms with E-state index in [1.807, 2.05) is 36.4 Å². The highest BCUT2D eigenvalue weighted by Crippen LogP contribution is 2.65. The second kappa shape index (κ2) is 11.5. The molecule has 1 N–H and O–H groups in total. The predicted molar refractivity (Wildman–Crippen MR) is 150 cm³/mol. The standard InChI is InChI=1S/C33H43NO6/c1-32-17-15-23(35)20-22(32)9-10-24-25-11-12-28(33(25,2)18-16-26(24)32)40-30(37)14-13-29(36)34-27(31(38)39-3)19-21-7-5-4-6-8-21/h4-8,20,24-28H,9-19H2,1-3H3,(H,34,36). The van der Waals surface area contributed by atoms with E-state index in [-0.39, 0.29) is 47.4 Å². The summed E-state index contributed by atoms with van der Waals surface area (Å²) in [6.07, 6.45) is 9.87. The SMILES string of the molecule is COC(=O)C(Cc1ccccc1)NC(=O)CCC(=O)OC1CCC2C3CCC4=CC(=O)CCC4(C)C3CCC12C. The summed E-state index contributed by atoms with van der Waals surface area (Å²) in [5.41, 5.74) is 2.36. The van der Waals surface area contributed by atoms with E-state index in [4.69, 9.17) is 9.47 Å². The number of carbonyl (C=O) groups excluding carboxylic acids is 4. The Morgan fingerprint density at radius 2 is 1.75 bits per heavy atom. The third kappa shape index (κ3) is 5.48. The fraction of sp³-hybridized carbons (Fsp3) is 0.636. The summed E-state index contributed by atoms with van der Waals surface area (Å²) in [4.78, 5) is 49.9. The number of hydrogen-bond acceptors (Lipinski definition) is 6. The van der Waals surface area contributed by atoms with Crippen molar-refractivity contribution in [2.45, 2.75) is 96.6 Å². The van der Waals surface area contributed by atoms with Crippen molar-refractivity contribution in [3.8, 4) is 0 Å². The van der Waals surface area contributed by atoms with Crippen molar-refractivity contribution >= 4 is 23.6 Å². The van der Waals surface area contributed by atoms with Crippen molar-refractivity contribution in [2.24, 2.45) is 28.6 Å². The molecule has 4 aliphatic rings. The predicted octanol–water partition coefficient (Wildman–Crippen LogP) is 5.11. The molecule has 1 aromatic carbocycles. The van der Waals surface area contributed by atoms with Crippen molar-refractivity contribution in [1.29, 1.82) is 0 Å². The van der Waals surface area contributed by atoms with Gasteiger partial charge in [0.05, 0.1) is 13.5 Å². The van der Waals surface area contributed by atoms with Crippen LogP contribution >= 0.6 is 0 Å². The third-order valence-electron chi connectivity index (χ3n) is 10.8. The summed E-state index contributed by atoms with van der Waals surface area (Å²) in [6.45, 7) is 4.68. The fourth-order valence-corrected chi connectivity index (χ4v) is 8.59. The van der Waals surface area contributed by atoms with Crippen LogP contribution in [0.15, 0.2) is 42.0 Å². The van der Waals surface area contributed by atoms with Gasteiger partial charge < -0.3 is 14.8 Å². The first kappa shape index (κ1) is 28.6. The maximum absolute atomic E-state index is 12.9. The number of ketones is 1. The maximum Gasteiger partial charge on any atom is 0.328 e. The van der Waals surface area contributed by atoms with E-state index in [9.17, 15) is 19.2 Å². The average molecular weight is 550 g/mol. The summed E-state index contributed by atoms with van der Waals surface area (Å²) in [6, 6.07) is 8.62. The number of ether oxygens (including phenoxy) is 2. The highest BCUT2D eigenvalue weighted by Gasteiger charge is 2.60. The zero-order valence-corrected chi connectivity index (χ0v) is 24.1. The van der Waals surface area contributed by atoms with Gasteiger partial charge in [-0.15, -0.1) is 0 Å². The normalized spacial score (nSPS) is 33.5. The molecular formula is C33H43NO6. The molecule has 0 aliphatic heterocycles. The Morgan fingerprint density at radius 1 is 0.975 bits per heavy atom. The Labute approximate surface area is 237 Å². The number of hydrogen-bond donors (Lipinski definition) is 1. The lowest BCUT2D eigenvalue weighted by Crippen LogP contribution is -2.51. The van der Waals surface area contributed by atoms with Gasteiger partial charge in [0, 0.05) is 24.7 Å². The number of fused-ring (bicyclic) bond motifs is 5. The lowest BCUT2D eigenvalue weighted by molar-refractivity contribution is -0.160. The van der Waals surface area contributed by atoms with Gasteiger partial charge in [-0.25, -0.2) is 4.79 Å². The molecule has 0 aromatic heterocycles. The first-order valence-corrected chi connectivity index (χ1v) is 15.0. The van der Waals surface area contributed by atoms with E-state index >= 15 is 0 Å². The molecule has 216 valence electrons. The van der Waals surface area contributed by atoms with E-state index in [0.717, 1.165) is 50.5 Å². The molecule has 7 nitrogen and oxygen atoms in total. The van der Waals surface area contributed by atoms with Crippen LogP contribution in [0.4, 0.5) is 0 Å². The van der Waals surface area contributed by atoms with Crippen molar-refractivity contribution in [3.63, 3.8) is 0 Å². The van der Waals surface area contributed by atoms with Crippen molar-refractivity contribution in [1.82, 2.24) is 5.32 Å². The molecule has 0 heterocycles. The Kier molecular flexibility index (Phi) is 8.21. The minimum atomic E-state index is -0.810. The molecule has 1 amide bonds. The minimum Gasteiger partial charge on any atom is -0.467 e. The Hall–Kier alpha value is -2.96. The molecule has 0 bridgehead atoms. The third-order valence-corrected chi connectivity index (χ3v) is 10.8. The number of benzene rings is 1. The van der Waals surface area contributed by atoms with E-state index < -0.39 is 12.0 Å².